The van der Waals surface area contributed by atoms with Crippen LogP contribution in [-0.4, -0.2) is 72.7 Å². The van der Waals surface area contributed by atoms with Crippen molar-refractivity contribution in [3.05, 3.63) is 21.4 Å². The second kappa shape index (κ2) is 7.50. The molecular formula is C19H27N3O4S. The van der Waals surface area contributed by atoms with Crippen LogP contribution in [0.25, 0.3) is 0 Å². The van der Waals surface area contributed by atoms with Crippen LogP contribution in [0.1, 0.15) is 39.4 Å². The van der Waals surface area contributed by atoms with Gasteiger partial charge in [0.15, 0.2) is 0 Å². The number of thiophene rings is 1. The number of nitrogens with two attached hydrogens (primary N) is 1. The number of primary amides is 1. The van der Waals surface area contributed by atoms with Crippen LogP contribution in [0.15, 0.2) is 6.07 Å². The third-order valence-electron chi connectivity index (χ3n) is 6.06. The molecule has 8 heteroatoms. The van der Waals surface area contributed by atoms with Crippen molar-refractivity contribution in [3.8, 4) is 0 Å². The Morgan fingerprint density at radius 1 is 1.33 bits per heavy atom. The first-order valence-electron chi connectivity index (χ1n) is 9.69. The zero-order valence-electron chi connectivity index (χ0n) is 15.5. The average molecular weight is 394 g/mol. The first-order chi connectivity index (χ1) is 13.0. The summed E-state index contributed by atoms with van der Waals surface area (Å²) in [6.07, 6.45) is 3.34. The van der Waals surface area contributed by atoms with Gasteiger partial charge in [-0.05, 0) is 37.3 Å². The van der Waals surface area contributed by atoms with Crippen molar-refractivity contribution >= 4 is 23.2 Å². The highest BCUT2D eigenvalue weighted by Gasteiger charge is 2.43. The van der Waals surface area contributed by atoms with Gasteiger partial charge in [0.25, 0.3) is 5.91 Å². The number of hydrogen-bond acceptors (Lipinski definition) is 6. The van der Waals surface area contributed by atoms with E-state index in [2.05, 4.69) is 11.0 Å². The van der Waals surface area contributed by atoms with E-state index in [0.29, 0.717) is 13.2 Å². The van der Waals surface area contributed by atoms with E-state index in [1.807, 2.05) is 4.90 Å². The van der Waals surface area contributed by atoms with E-state index >= 15 is 0 Å². The molecule has 3 aliphatic rings. The summed E-state index contributed by atoms with van der Waals surface area (Å²) in [6.45, 7) is 4.00. The van der Waals surface area contributed by atoms with Gasteiger partial charge in [-0.1, -0.05) is 0 Å². The highest BCUT2D eigenvalue weighted by molar-refractivity contribution is 7.14. The molecule has 1 aromatic heterocycles. The van der Waals surface area contributed by atoms with Crippen molar-refractivity contribution in [2.45, 2.75) is 31.3 Å². The Morgan fingerprint density at radius 3 is 2.78 bits per heavy atom. The number of carbonyl (C=O) groups excluding carboxylic acids is 2. The summed E-state index contributed by atoms with van der Waals surface area (Å²) in [5.74, 6) is -0.0218. The number of likely N-dealkylation sites (tertiary alicyclic amines) is 2. The number of fused-ring (bicyclic) bond motifs is 2. The molecule has 2 amide bonds. The summed E-state index contributed by atoms with van der Waals surface area (Å²) < 4.78 is 6.25. The predicted octanol–water partition coefficient (Wildman–Crippen LogP) is 0.552. The summed E-state index contributed by atoms with van der Waals surface area (Å²) >= 11 is 1.57. The van der Waals surface area contributed by atoms with Crippen LogP contribution >= 0.6 is 11.3 Å². The van der Waals surface area contributed by atoms with E-state index in [1.165, 1.54) is 10.4 Å². The van der Waals surface area contributed by atoms with E-state index in [4.69, 9.17) is 10.5 Å². The zero-order valence-corrected chi connectivity index (χ0v) is 16.3. The van der Waals surface area contributed by atoms with Gasteiger partial charge in [0, 0.05) is 43.6 Å². The number of aliphatic hydroxyl groups excluding tert-OH is 1. The van der Waals surface area contributed by atoms with Crippen LogP contribution in [0.4, 0.5) is 0 Å². The maximum absolute atomic E-state index is 12.9. The number of piperidine rings is 1. The van der Waals surface area contributed by atoms with Crippen molar-refractivity contribution in [2.24, 2.45) is 11.7 Å². The van der Waals surface area contributed by atoms with Gasteiger partial charge in [-0.25, -0.2) is 0 Å². The minimum atomic E-state index is -0.330. The number of aliphatic hydroxyl groups is 1. The van der Waals surface area contributed by atoms with Gasteiger partial charge in [-0.3, -0.25) is 14.5 Å². The Bertz CT molecular complexity index is 727. The van der Waals surface area contributed by atoms with Crippen LogP contribution in [0.3, 0.4) is 0 Å². The molecule has 0 bridgehead atoms. The Balaban J connectivity index is 1.51. The van der Waals surface area contributed by atoms with Crippen molar-refractivity contribution in [1.82, 2.24) is 9.80 Å². The molecule has 7 nitrogen and oxygen atoms in total. The van der Waals surface area contributed by atoms with E-state index < -0.39 is 0 Å². The van der Waals surface area contributed by atoms with Crippen molar-refractivity contribution in [2.75, 3.05) is 45.9 Å². The van der Waals surface area contributed by atoms with Crippen LogP contribution in [0.2, 0.25) is 0 Å². The van der Waals surface area contributed by atoms with Gasteiger partial charge < -0.3 is 20.5 Å². The molecule has 2 saturated heterocycles. The van der Waals surface area contributed by atoms with E-state index in [1.54, 1.807) is 11.3 Å². The fourth-order valence-electron chi connectivity index (χ4n) is 4.51. The van der Waals surface area contributed by atoms with Crippen molar-refractivity contribution in [1.29, 1.82) is 0 Å². The molecule has 3 N–H and O–H groups in total. The normalized spacial score (nSPS) is 24.9. The fraction of sp³-hybridized carbons (Fsp3) is 0.684. The van der Waals surface area contributed by atoms with Gasteiger partial charge in [0.2, 0.25) is 5.91 Å². The van der Waals surface area contributed by atoms with Gasteiger partial charge in [0.05, 0.1) is 18.0 Å². The molecule has 1 spiro atoms. The van der Waals surface area contributed by atoms with E-state index in [0.717, 1.165) is 50.2 Å². The van der Waals surface area contributed by atoms with Crippen LogP contribution < -0.4 is 5.73 Å². The Kier molecular flexibility index (Phi) is 5.24. The molecule has 4 rings (SSSR count). The zero-order chi connectivity index (χ0) is 19.0. The Hall–Kier alpha value is -1.48. The largest absolute Gasteiger partial charge is 0.396 e. The molecule has 3 aliphatic heterocycles. The third-order valence-corrected chi connectivity index (χ3v) is 7.41. The smallest absolute Gasteiger partial charge is 0.263 e. The topological polar surface area (TPSA) is 96.1 Å². The lowest BCUT2D eigenvalue weighted by atomic mass is 9.85. The molecule has 27 heavy (non-hydrogen) atoms. The second-order valence-electron chi connectivity index (χ2n) is 7.89. The maximum atomic E-state index is 12.9. The highest BCUT2D eigenvalue weighted by Crippen LogP contribution is 2.45. The van der Waals surface area contributed by atoms with Gasteiger partial charge in [0.1, 0.15) is 5.60 Å². The first kappa shape index (κ1) is 18.9. The van der Waals surface area contributed by atoms with Crippen LogP contribution in [0, 0.1) is 5.92 Å². The minimum Gasteiger partial charge on any atom is -0.396 e. The standard InChI is InChI=1S/C19H27N3O4S/c20-16(24)11-21-6-3-19(4-7-21)17-14(2-8-26-19)9-15(27-17)18(25)22-5-1-13(10-22)12-23/h9,13,23H,1-8,10-12H2,(H2,20,24). The summed E-state index contributed by atoms with van der Waals surface area (Å²) in [5.41, 5.74) is 6.22. The molecule has 2 fully saturated rings. The maximum Gasteiger partial charge on any atom is 0.263 e. The number of rotatable bonds is 4. The van der Waals surface area contributed by atoms with Gasteiger partial charge in [-0.15, -0.1) is 11.3 Å². The first-order valence-corrected chi connectivity index (χ1v) is 10.5. The molecule has 1 atom stereocenters. The number of carbonyl (C=O) groups is 2. The third kappa shape index (κ3) is 3.63. The van der Waals surface area contributed by atoms with Crippen LogP contribution in [-0.2, 0) is 21.6 Å². The predicted molar refractivity (Wildman–Crippen MR) is 102 cm³/mol. The molecule has 0 aromatic carbocycles. The number of hydrogen-bond donors (Lipinski definition) is 2. The lowest BCUT2D eigenvalue weighted by Gasteiger charge is -2.43. The molecule has 4 heterocycles. The number of nitrogens with zero attached hydrogens (tertiary/aromatic N) is 2. The molecule has 0 aliphatic carbocycles. The molecular weight excluding hydrogens is 366 g/mol. The highest BCUT2D eigenvalue weighted by atomic mass is 32.1. The molecule has 0 saturated carbocycles. The monoisotopic (exact) mass is 393 g/mol. The number of ether oxygens (including phenoxy) is 1. The van der Waals surface area contributed by atoms with E-state index in [-0.39, 0.29) is 36.5 Å². The molecule has 148 valence electrons. The lowest BCUT2D eigenvalue weighted by Crippen LogP contribution is -2.48. The average Bonchev–Trinajstić information content (AvgIpc) is 3.30. The lowest BCUT2D eigenvalue weighted by molar-refractivity contribution is -0.123. The van der Waals surface area contributed by atoms with E-state index in [9.17, 15) is 14.7 Å². The SMILES string of the molecule is NC(=O)CN1CCC2(CC1)OCCc1cc(C(=O)N3CCC(CO)C3)sc12. The molecule has 1 aromatic rings. The summed E-state index contributed by atoms with van der Waals surface area (Å²) in [6, 6.07) is 2.05. The second-order valence-corrected chi connectivity index (χ2v) is 8.94. The van der Waals surface area contributed by atoms with Crippen LogP contribution in [0.5, 0.6) is 0 Å². The quantitative estimate of drug-likeness (QED) is 0.779. The van der Waals surface area contributed by atoms with Crippen molar-refractivity contribution < 1.29 is 19.4 Å². The summed E-state index contributed by atoms with van der Waals surface area (Å²) in [4.78, 5) is 30.0. The summed E-state index contributed by atoms with van der Waals surface area (Å²) in [5, 5.41) is 9.33. The Labute approximate surface area is 163 Å². The van der Waals surface area contributed by atoms with Gasteiger partial charge >= 0.3 is 0 Å². The summed E-state index contributed by atoms with van der Waals surface area (Å²) in [7, 11) is 0. The number of amides is 2. The minimum absolute atomic E-state index is 0.0756. The van der Waals surface area contributed by atoms with Gasteiger partial charge in [-0.2, -0.15) is 0 Å². The fourth-order valence-corrected chi connectivity index (χ4v) is 5.89. The molecule has 0 radical (unpaired) electrons. The molecule has 1 unspecified atom stereocenters. The Morgan fingerprint density at radius 2 is 2.11 bits per heavy atom. The van der Waals surface area contributed by atoms with Crippen molar-refractivity contribution in [3.63, 3.8) is 0 Å².